The van der Waals surface area contributed by atoms with Gasteiger partial charge in [0.1, 0.15) is 6.04 Å². The van der Waals surface area contributed by atoms with E-state index in [0.29, 0.717) is 6.42 Å². The van der Waals surface area contributed by atoms with Gasteiger partial charge in [-0.1, -0.05) is 13.8 Å². The summed E-state index contributed by atoms with van der Waals surface area (Å²) in [5, 5.41) is 30.0. The second-order valence-electron chi connectivity index (χ2n) is 5.01. The molecular formula is C11H20N2O5. The molecule has 1 aliphatic heterocycles. The van der Waals surface area contributed by atoms with Gasteiger partial charge in [-0.25, -0.2) is 9.59 Å². The SMILES string of the molecule is CC(C)CC(NC(=O)N1CC(O)C(O)C1)C(=O)O. The number of rotatable bonds is 4. The molecule has 7 nitrogen and oxygen atoms in total. The topological polar surface area (TPSA) is 110 Å². The lowest BCUT2D eigenvalue weighted by atomic mass is 10.0. The van der Waals surface area contributed by atoms with E-state index in [2.05, 4.69) is 5.32 Å². The van der Waals surface area contributed by atoms with Gasteiger partial charge in [0.25, 0.3) is 0 Å². The highest BCUT2D eigenvalue weighted by atomic mass is 16.4. The van der Waals surface area contributed by atoms with Crippen molar-refractivity contribution in [3.63, 3.8) is 0 Å². The van der Waals surface area contributed by atoms with E-state index < -0.39 is 30.3 Å². The number of aliphatic carboxylic acids is 1. The molecular weight excluding hydrogens is 240 g/mol. The molecule has 1 heterocycles. The lowest BCUT2D eigenvalue weighted by molar-refractivity contribution is -0.139. The molecule has 7 heteroatoms. The minimum absolute atomic E-state index is 0.0149. The first kappa shape index (κ1) is 14.7. The average Bonchev–Trinajstić information content (AvgIpc) is 2.57. The van der Waals surface area contributed by atoms with Gasteiger partial charge in [0.15, 0.2) is 0 Å². The molecule has 1 aliphatic rings. The zero-order valence-corrected chi connectivity index (χ0v) is 10.5. The van der Waals surface area contributed by atoms with Crippen LogP contribution >= 0.6 is 0 Å². The van der Waals surface area contributed by atoms with Crippen LogP contribution in [0.2, 0.25) is 0 Å². The highest BCUT2D eigenvalue weighted by molar-refractivity contribution is 5.82. The number of carbonyl (C=O) groups excluding carboxylic acids is 1. The monoisotopic (exact) mass is 260 g/mol. The lowest BCUT2D eigenvalue weighted by Crippen LogP contribution is -2.48. The van der Waals surface area contributed by atoms with Gasteiger partial charge in [-0.05, 0) is 12.3 Å². The number of nitrogens with one attached hydrogen (secondary N) is 1. The highest BCUT2D eigenvalue weighted by Gasteiger charge is 2.34. The van der Waals surface area contributed by atoms with Crippen LogP contribution < -0.4 is 5.32 Å². The third-order valence-electron chi connectivity index (χ3n) is 2.85. The van der Waals surface area contributed by atoms with E-state index in [1.807, 2.05) is 13.8 Å². The Kier molecular flexibility index (Phi) is 4.92. The number of urea groups is 1. The van der Waals surface area contributed by atoms with Crippen LogP contribution in [0.25, 0.3) is 0 Å². The molecule has 0 aromatic heterocycles. The zero-order chi connectivity index (χ0) is 13.9. The maximum Gasteiger partial charge on any atom is 0.326 e. The number of carboxylic acid groups (broad SMARTS) is 1. The van der Waals surface area contributed by atoms with Gasteiger partial charge in [-0.3, -0.25) is 0 Å². The summed E-state index contributed by atoms with van der Waals surface area (Å²) < 4.78 is 0. The normalized spacial score (nSPS) is 25.3. The fourth-order valence-corrected chi connectivity index (χ4v) is 1.87. The largest absolute Gasteiger partial charge is 0.480 e. The number of carbonyl (C=O) groups is 2. The summed E-state index contributed by atoms with van der Waals surface area (Å²) in [7, 11) is 0. The Morgan fingerprint density at radius 2 is 1.78 bits per heavy atom. The number of hydrogen-bond acceptors (Lipinski definition) is 4. The van der Waals surface area contributed by atoms with Crippen LogP contribution in [0.1, 0.15) is 20.3 Å². The van der Waals surface area contributed by atoms with Crippen molar-refractivity contribution in [3.05, 3.63) is 0 Å². The van der Waals surface area contributed by atoms with E-state index in [1.165, 1.54) is 4.90 Å². The van der Waals surface area contributed by atoms with E-state index in [1.54, 1.807) is 0 Å². The standard InChI is InChI=1S/C11H20N2O5/c1-6(2)3-7(10(16)17)12-11(18)13-4-8(14)9(15)5-13/h6-9,14-15H,3-5H2,1-2H3,(H,12,18)(H,16,17). The summed E-state index contributed by atoms with van der Waals surface area (Å²) in [4.78, 5) is 24.0. The first-order chi connectivity index (χ1) is 8.31. The lowest BCUT2D eigenvalue weighted by Gasteiger charge is -2.21. The molecule has 3 atom stereocenters. The second-order valence-corrected chi connectivity index (χ2v) is 5.01. The Bertz CT molecular complexity index is 311. The Morgan fingerprint density at radius 3 is 2.17 bits per heavy atom. The van der Waals surface area contributed by atoms with Gasteiger partial charge in [0.05, 0.1) is 25.3 Å². The molecule has 0 bridgehead atoms. The van der Waals surface area contributed by atoms with E-state index in [0.717, 1.165) is 0 Å². The quantitative estimate of drug-likeness (QED) is 0.530. The fourth-order valence-electron chi connectivity index (χ4n) is 1.87. The molecule has 3 unspecified atom stereocenters. The van der Waals surface area contributed by atoms with Gasteiger partial charge in [0.2, 0.25) is 0 Å². The van der Waals surface area contributed by atoms with Crippen LogP contribution in [0.4, 0.5) is 4.79 Å². The Balaban J connectivity index is 2.54. The molecule has 0 aromatic carbocycles. The minimum Gasteiger partial charge on any atom is -0.480 e. The predicted molar refractivity (Wildman–Crippen MR) is 63.0 cm³/mol. The van der Waals surface area contributed by atoms with Crippen LogP contribution in [-0.2, 0) is 4.79 Å². The third kappa shape index (κ3) is 3.85. The molecule has 0 saturated carbocycles. The number of aliphatic hydroxyl groups excluding tert-OH is 2. The van der Waals surface area contributed by atoms with Gasteiger partial charge in [-0.15, -0.1) is 0 Å². The Morgan fingerprint density at radius 1 is 1.28 bits per heavy atom. The van der Waals surface area contributed by atoms with Crippen molar-refractivity contribution in [2.24, 2.45) is 5.92 Å². The van der Waals surface area contributed by atoms with Gasteiger partial charge < -0.3 is 25.5 Å². The summed E-state index contributed by atoms with van der Waals surface area (Å²) in [5.41, 5.74) is 0. The van der Waals surface area contributed by atoms with Crippen molar-refractivity contribution in [1.82, 2.24) is 10.2 Å². The summed E-state index contributed by atoms with van der Waals surface area (Å²) in [6.07, 6.45) is -1.60. The molecule has 2 amide bonds. The molecule has 0 aromatic rings. The average molecular weight is 260 g/mol. The molecule has 0 aliphatic carbocycles. The van der Waals surface area contributed by atoms with Crippen LogP contribution in [0.5, 0.6) is 0 Å². The number of amides is 2. The molecule has 0 radical (unpaired) electrons. The maximum atomic E-state index is 11.8. The van der Waals surface area contributed by atoms with Gasteiger partial charge in [0, 0.05) is 0 Å². The Hall–Kier alpha value is -1.34. The smallest absolute Gasteiger partial charge is 0.326 e. The number of β-amino-alcohol motifs (C(OH)–C–C–N with tert-alkyl or cyclic N) is 2. The predicted octanol–water partition coefficient (Wildman–Crippen LogP) is -0.767. The molecule has 4 N–H and O–H groups in total. The summed E-state index contributed by atoms with van der Waals surface area (Å²) in [6, 6.07) is -1.52. The van der Waals surface area contributed by atoms with Crippen molar-refractivity contribution in [2.45, 2.75) is 38.5 Å². The van der Waals surface area contributed by atoms with Crippen LogP contribution in [0.3, 0.4) is 0 Å². The molecule has 1 fully saturated rings. The number of nitrogens with zero attached hydrogens (tertiary/aromatic N) is 1. The second kappa shape index (κ2) is 6.01. The van der Waals surface area contributed by atoms with Gasteiger partial charge >= 0.3 is 12.0 Å². The van der Waals surface area contributed by atoms with Crippen LogP contribution in [0.15, 0.2) is 0 Å². The fraction of sp³-hybridized carbons (Fsp3) is 0.818. The molecule has 1 rings (SSSR count). The summed E-state index contributed by atoms with van der Waals surface area (Å²) >= 11 is 0. The highest BCUT2D eigenvalue weighted by Crippen LogP contribution is 2.11. The van der Waals surface area contributed by atoms with E-state index in [-0.39, 0.29) is 19.0 Å². The van der Waals surface area contributed by atoms with Gasteiger partial charge in [-0.2, -0.15) is 0 Å². The molecule has 18 heavy (non-hydrogen) atoms. The number of aliphatic hydroxyl groups is 2. The number of likely N-dealkylation sites (tertiary alicyclic amines) is 1. The molecule has 0 spiro atoms. The van der Waals surface area contributed by atoms with Crippen LogP contribution in [-0.4, -0.2) is 63.6 Å². The van der Waals surface area contributed by atoms with Crippen molar-refractivity contribution < 1.29 is 24.9 Å². The van der Waals surface area contributed by atoms with E-state index in [9.17, 15) is 19.8 Å². The van der Waals surface area contributed by atoms with Crippen LogP contribution in [0, 0.1) is 5.92 Å². The van der Waals surface area contributed by atoms with Crippen molar-refractivity contribution >= 4 is 12.0 Å². The first-order valence-electron chi connectivity index (χ1n) is 5.95. The van der Waals surface area contributed by atoms with E-state index >= 15 is 0 Å². The Labute approximate surface area is 105 Å². The first-order valence-corrected chi connectivity index (χ1v) is 5.95. The minimum atomic E-state index is -1.09. The maximum absolute atomic E-state index is 11.8. The molecule has 104 valence electrons. The number of carboxylic acids is 1. The third-order valence-corrected chi connectivity index (χ3v) is 2.85. The van der Waals surface area contributed by atoms with Crippen molar-refractivity contribution in [3.8, 4) is 0 Å². The summed E-state index contributed by atoms with van der Waals surface area (Å²) in [5.74, 6) is -0.946. The molecule has 1 saturated heterocycles. The van der Waals surface area contributed by atoms with Crippen molar-refractivity contribution in [2.75, 3.05) is 13.1 Å². The van der Waals surface area contributed by atoms with Crippen molar-refractivity contribution in [1.29, 1.82) is 0 Å². The number of hydrogen-bond donors (Lipinski definition) is 4. The van der Waals surface area contributed by atoms with E-state index in [4.69, 9.17) is 5.11 Å². The summed E-state index contributed by atoms with van der Waals surface area (Å²) in [6.45, 7) is 3.76. The zero-order valence-electron chi connectivity index (χ0n) is 10.5.